The lowest BCUT2D eigenvalue weighted by atomic mass is 9.49. The number of halogens is 1. The van der Waals surface area contributed by atoms with Gasteiger partial charge in [-0.15, -0.1) is 0 Å². The molecule has 1 amide bonds. The first kappa shape index (κ1) is 21.0. The van der Waals surface area contributed by atoms with Crippen molar-refractivity contribution in [3.63, 3.8) is 0 Å². The molecule has 2 heterocycles. The highest BCUT2D eigenvalue weighted by Gasteiger charge is 2.67. The van der Waals surface area contributed by atoms with Crippen LogP contribution >= 0.6 is 23.4 Å². The number of amides is 1. The van der Waals surface area contributed by atoms with Crippen molar-refractivity contribution in [2.45, 2.75) is 51.5 Å². The highest BCUT2D eigenvalue weighted by molar-refractivity contribution is 7.98. The van der Waals surface area contributed by atoms with Crippen LogP contribution in [0.4, 0.5) is 5.69 Å². The molecule has 0 unspecified atom stereocenters. The quantitative estimate of drug-likeness (QED) is 0.368. The summed E-state index contributed by atoms with van der Waals surface area (Å²) in [7, 11) is 0. The van der Waals surface area contributed by atoms with E-state index >= 15 is 0 Å². The SMILES string of the molecule is [C-]#[N+]c1ccc(OC2C(C)(C)C(N3Cc4nc(SC)ncc4C3=O)C2(C)C)cc1Cl. The van der Waals surface area contributed by atoms with Crippen molar-refractivity contribution in [2.75, 3.05) is 6.26 Å². The Kier molecular flexibility index (Phi) is 4.99. The van der Waals surface area contributed by atoms with E-state index in [2.05, 4.69) is 42.5 Å². The summed E-state index contributed by atoms with van der Waals surface area (Å²) in [5.41, 5.74) is 1.20. The summed E-state index contributed by atoms with van der Waals surface area (Å²) in [5, 5.41) is 1.05. The van der Waals surface area contributed by atoms with E-state index in [1.165, 1.54) is 11.8 Å². The highest BCUT2D eigenvalue weighted by Crippen LogP contribution is 2.59. The summed E-state index contributed by atoms with van der Waals surface area (Å²) in [6, 6.07) is 5.11. The summed E-state index contributed by atoms with van der Waals surface area (Å²) < 4.78 is 6.34. The first-order valence-electron chi connectivity index (χ1n) is 9.65. The molecule has 1 aromatic carbocycles. The molecule has 0 spiro atoms. The topological polar surface area (TPSA) is 59.7 Å². The monoisotopic (exact) mass is 442 g/mol. The summed E-state index contributed by atoms with van der Waals surface area (Å²) in [6.07, 6.45) is 3.44. The van der Waals surface area contributed by atoms with Crippen LogP contribution in [-0.2, 0) is 6.54 Å². The molecule has 1 saturated carbocycles. The second-order valence-corrected chi connectivity index (χ2v) is 10.1. The van der Waals surface area contributed by atoms with E-state index in [0.29, 0.717) is 33.7 Å². The molecular weight excluding hydrogens is 420 g/mol. The Hall–Kier alpha value is -2.30. The third-order valence-corrected chi connectivity index (χ3v) is 7.07. The van der Waals surface area contributed by atoms with Gasteiger partial charge in [0.15, 0.2) is 5.16 Å². The number of carbonyl (C=O) groups excluding carboxylic acids is 1. The number of aromatic nitrogens is 2. The van der Waals surface area contributed by atoms with Gasteiger partial charge in [0.05, 0.1) is 29.4 Å². The number of nitrogens with zero attached hydrogens (tertiary/aromatic N) is 4. The summed E-state index contributed by atoms with van der Waals surface area (Å²) >= 11 is 7.65. The zero-order valence-corrected chi connectivity index (χ0v) is 19.1. The zero-order chi connectivity index (χ0) is 21.8. The van der Waals surface area contributed by atoms with Gasteiger partial charge < -0.3 is 9.64 Å². The van der Waals surface area contributed by atoms with Crippen LogP contribution in [0, 0.1) is 17.4 Å². The zero-order valence-electron chi connectivity index (χ0n) is 17.6. The average molecular weight is 443 g/mol. The average Bonchev–Trinajstić information content (AvgIpc) is 3.00. The van der Waals surface area contributed by atoms with Crippen LogP contribution in [0.25, 0.3) is 4.85 Å². The number of ether oxygens (including phenoxy) is 1. The second-order valence-electron chi connectivity index (χ2n) is 8.92. The number of hydrogen-bond donors (Lipinski definition) is 0. The summed E-state index contributed by atoms with van der Waals surface area (Å²) in [4.78, 5) is 27.3. The van der Waals surface area contributed by atoms with Gasteiger partial charge in [-0.25, -0.2) is 14.8 Å². The van der Waals surface area contributed by atoms with Crippen molar-refractivity contribution < 1.29 is 9.53 Å². The molecule has 2 aromatic rings. The number of carbonyl (C=O) groups is 1. The van der Waals surface area contributed by atoms with Gasteiger partial charge in [0.25, 0.3) is 5.91 Å². The van der Waals surface area contributed by atoms with Gasteiger partial charge in [-0.05, 0) is 18.4 Å². The lowest BCUT2D eigenvalue weighted by Crippen LogP contribution is -2.74. The fourth-order valence-corrected chi connectivity index (χ4v) is 5.97. The maximum absolute atomic E-state index is 13.1. The van der Waals surface area contributed by atoms with Crippen LogP contribution in [0.3, 0.4) is 0 Å². The van der Waals surface area contributed by atoms with E-state index in [4.69, 9.17) is 22.9 Å². The molecule has 0 radical (unpaired) electrons. The van der Waals surface area contributed by atoms with Crippen LogP contribution in [0.5, 0.6) is 5.75 Å². The molecule has 1 aliphatic heterocycles. The molecular formula is C22H23ClN4O2S. The predicted octanol–water partition coefficient (Wildman–Crippen LogP) is 5.24. The van der Waals surface area contributed by atoms with Crippen molar-refractivity contribution in [3.05, 3.63) is 52.1 Å². The van der Waals surface area contributed by atoms with Gasteiger partial charge in [-0.1, -0.05) is 57.1 Å². The molecule has 6 nitrogen and oxygen atoms in total. The van der Waals surface area contributed by atoms with Crippen molar-refractivity contribution in [3.8, 4) is 5.75 Å². The van der Waals surface area contributed by atoms with E-state index < -0.39 is 0 Å². The van der Waals surface area contributed by atoms with Gasteiger partial charge in [-0.3, -0.25) is 4.79 Å². The Balaban J connectivity index is 1.59. The van der Waals surface area contributed by atoms with Crippen LogP contribution < -0.4 is 4.74 Å². The summed E-state index contributed by atoms with van der Waals surface area (Å²) in [5.74, 6) is 0.607. The van der Waals surface area contributed by atoms with Gasteiger partial charge in [0.1, 0.15) is 11.9 Å². The first-order valence-corrected chi connectivity index (χ1v) is 11.3. The molecule has 0 bridgehead atoms. The Morgan fingerprint density at radius 1 is 1.30 bits per heavy atom. The Morgan fingerprint density at radius 2 is 2.00 bits per heavy atom. The molecule has 1 aliphatic carbocycles. The van der Waals surface area contributed by atoms with E-state index in [-0.39, 0.29) is 28.9 Å². The van der Waals surface area contributed by atoms with Crippen molar-refractivity contribution in [2.24, 2.45) is 10.8 Å². The van der Waals surface area contributed by atoms with Crippen LogP contribution in [-0.4, -0.2) is 39.2 Å². The second kappa shape index (κ2) is 7.14. The number of benzene rings is 1. The van der Waals surface area contributed by atoms with E-state index in [1.54, 1.807) is 24.4 Å². The van der Waals surface area contributed by atoms with E-state index in [0.717, 1.165) is 5.69 Å². The largest absolute Gasteiger partial charge is 0.489 e. The Morgan fingerprint density at radius 3 is 2.60 bits per heavy atom. The minimum absolute atomic E-state index is 0.0209. The molecule has 2 aliphatic rings. The minimum atomic E-state index is -0.290. The smallest absolute Gasteiger partial charge is 0.258 e. The fraction of sp³-hybridized carbons (Fsp3) is 0.455. The molecule has 8 heteroatoms. The molecule has 156 valence electrons. The molecule has 1 fully saturated rings. The standard InChI is InChI=1S/C22H23ClN4O2S/c1-21(2)18(27-11-16-13(17(27)28)10-25-20(26-16)30-6)22(3,4)19(21)29-12-7-8-15(24-5)14(23)9-12/h7-10,18-19H,11H2,1-4,6H3. The molecule has 0 saturated heterocycles. The van der Waals surface area contributed by atoms with Gasteiger partial charge >= 0.3 is 0 Å². The highest BCUT2D eigenvalue weighted by atomic mass is 35.5. The summed E-state index contributed by atoms with van der Waals surface area (Å²) in [6.45, 7) is 16.1. The van der Waals surface area contributed by atoms with Crippen LogP contribution in [0.15, 0.2) is 29.6 Å². The maximum Gasteiger partial charge on any atom is 0.258 e. The Labute approximate surface area is 185 Å². The van der Waals surface area contributed by atoms with Crippen LogP contribution in [0.1, 0.15) is 43.7 Å². The number of hydrogen-bond acceptors (Lipinski definition) is 5. The van der Waals surface area contributed by atoms with Gasteiger partial charge in [-0.2, -0.15) is 0 Å². The molecule has 30 heavy (non-hydrogen) atoms. The van der Waals surface area contributed by atoms with Crippen molar-refractivity contribution >= 4 is 35.0 Å². The molecule has 4 rings (SSSR count). The van der Waals surface area contributed by atoms with E-state index in [1.807, 2.05) is 11.2 Å². The predicted molar refractivity (Wildman–Crippen MR) is 117 cm³/mol. The molecule has 0 atom stereocenters. The van der Waals surface area contributed by atoms with Crippen molar-refractivity contribution in [1.82, 2.24) is 14.9 Å². The number of rotatable bonds is 4. The number of thioether (sulfide) groups is 1. The lowest BCUT2D eigenvalue weighted by Gasteiger charge is -2.65. The normalized spacial score (nSPS) is 23.5. The third kappa shape index (κ3) is 3.05. The Bertz CT molecular complexity index is 1060. The molecule has 1 aromatic heterocycles. The van der Waals surface area contributed by atoms with Gasteiger partial charge in [0.2, 0.25) is 5.69 Å². The van der Waals surface area contributed by atoms with Crippen molar-refractivity contribution in [1.29, 1.82) is 0 Å². The number of fused-ring (bicyclic) bond motifs is 1. The van der Waals surface area contributed by atoms with Crippen LogP contribution in [0.2, 0.25) is 5.02 Å². The first-order chi connectivity index (χ1) is 14.1. The molecule has 0 N–H and O–H groups in total. The third-order valence-electron chi connectivity index (χ3n) is 6.21. The lowest BCUT2D eigenvalue weighted by molar-refractivity contribution is -0.199. The van der Waals surface area contributed by atoms with E-state index in [9.17, 15) is 4.79 Å². The fourth-order valence-electron chi connectivity index (χ4n) is 5.40. The van der Waals surface area contributed by atoms with Gasteiger partial charge in [0, 0.05) is 23.1 Å². The minimum Gasteiger partial charge on any atom is -0.489 e. The maximum atomic E-state index is 13.1.